The molecule has 3 aromatic rings. The number of thiazole rings is 1. The van der Waals surface area contributed by atoms with E-state index in [0.29, 0.717) is 24.8 Å². The van der Waals surface area contributed by atoms with Crippen LogP contribution in [0.5, 0.6) is 0 Å². The number of carbonyl (C=O) groups is 1. The van der Waals surface area contributed by atoms with Crippen LogP contribution in [-0.4, -0.2) is 51.6 Å². The van der Waals surface area contributed by atoms with E-state index in [9.17, 15) is 4.79 Å². The first kappa shape index (κ1) is 22.9. The van der Waals surface area contributed by atoms with E-state index in [1.807, 2.05) is 26.1 Å². The fourth-order valence-corrected chi connectivity index (χ4v) is 5.60. The van der Waals surface area contributed by atoms with Crippen LogP contribution >= 0.6 is 11.3 Å². The van der Waals surface area contributed by atoms with Crippen LogP contribution < -0.4 is 16.4 Å². The number of aryl methyl sites for hydroxylation is 1. The van der Waals surface area contributed by atoms with Gasteiger partial charge in [-0.2, -0.15) is 4.98 Å². The highest BCUT2D eigenvalue weighted by Crippen LogP contribution is 2.44. The predicted molar refractivity (Wildman–Crippen MR) is 134 cm³/mol. The molecule has 0 aliphatic heterocycles. The first-order chi connectivity index (χ1) is 16.4. The molecule has 0 saturated heterocycles. The molecule has 3 atom stereocenters. The maximum atomic E-state index is 11.7. The van der Waals surface area contributed by atoms with Crippen LogP contribution in [0.3, 0.4) is 0 Å². The molecule has 3 aromatic heterocycles. The summed E-state index contributed by atoms with van der Waals surface area (Å²) in [5, 5.41) is 7.75. The minimum absolute atomic E-state index is 0.0313. The standard InChI is InChI=1S/C24H31N7O2S/c1-12(33-3)11-27-24-28-13(2)18(22(31-24)29-16-7-6-15(10-16)21(25)32)23-30-20-17(34-23)8-9-26-19(20)14-4-5-14/h8-9,12,14-16H,4-7,10-11H2,1-3H3,(H2,25,32)(H2,27,28,29,31). The van der Waals surface area contributed by atoms with E-state index in [-0.39, 0.29) is 24.0 Å². The van der Waals surface area contributed by atoms with Crippen LogP contribution in [0.2, 0.25) is 0 Å². The predicted octanol–water partition coefficient (Wildman–Crippen LogP) is 3.85. The first-order valence-corrected chi connectivity index (χ1v) is 12.7. The normalized spacial score (nSPS) is 21.0. The molecule has 0 bridgehead atoms. The number of fused-ring (bicyclic) bond motifs is 1. The Balaban J connectivity index is 1.52. The second-order valence-electron chi connectivity index (χ2n) is 9.37. The number of nitrogens with two attached hydrogens (primary N) is 1. The van der Waals surface area contributed by atoms with Crippen LogP contribution in [0, 0.1) is 12.8 Å². The molecule has 2 aliphatic carbocycles. The summed E-state index contributed by atoms with van der Waals surface area (Å²) in [6, 6.07) is 2.15. The Kier molecular flexibility index (Phi) is 6.35. The minimum atomic E-state index is -0.231. The average molecular weight is 482 g/mol. The zero-order chi connectivity index (χ0) is 23.8. The lowest BCUT2D eigenvalue weighted by molar-refractivity contribution is -0.121. The number of pyridine rings is 1. The van der Waals surface area contributed by atoms with E-state index < -0.39 is 0 Å². The Hall–Kier alpha value is -2.85. The van der Waals surface area contributed by atoms with Crippen molar-refractivity contribution in [2.75, 3.05) is 24.3 Å². The smallest absolute Gasteiger partial charge is 0.224 e. The van der Waals surface area contributed by atoms with E-state index in [1.165, 1.54) is 12.8 Å². The number of amides is 1. The number of hydrogen-bond acceptors (Lipinski definition) is 9. The van der Waals surface area contributed by atoms with Crippen molar-refractivity contribution in [1.82, 2.24) is 19.9 Å². The van der Waals surface area contributed by atoms with Gasteiger partial charge in [-0.15, -0.1) is 11.3 Å². The Morgan fingerprint density at radius 3 is 2.79 bits per heavy atom. The summed E-state index contributed by atoms with van der Waals surface area (Å²) in [5.41, 5.74) is 9.39. The maximum absolute atomic E-state index is 11.7. The van der Waals surface area contributed by atoms with Crippen molar-refractivity contribution in [3.8, 4) is 10.6 Å². The summed E-state index contributed by atoms with van der Waals surface area (Å²) < 4.78 is 6.47. The van der Waals surface area contributed by atoms with Crippen molar-refractivity contribution in [3.63, 3.8) is 0 Å². The van der Waals surface area contributed by atoms with Gasteiger partial charge in [0.15, 0.2) is 0 Å². The lowest BCUT2D eigenvalue weighted by Gasteiger charge is -2.19. The molecular formula is C24H31N7O2S. The fraction of sp³-hybridized carbons (Fsp3) is 0.542. The summed E-state index contributed by atoms with van der Waals surface area (Å²) in [7, 11) is 1.68. The average Bonchev–Trinajstić information content (AvgIpc) is 3.39. The Morgan fingerprint density at radius 2 is 2.09 bits per heavy atom. The second-order valence-corrected chi connectivity index (χ2v) is 10.4. The molecule has 4 N–H and O–H groups in total. The number of hydrogen-bond donors (Lipinski definition) is 3. The Morgan fingerprint density at radius 1 is 1.26 bits per heavy atom. The van der Waals surface area contributed by atoms with Crippen molar-refractivity contribution in [2.24, 2.45) is 11.7 Å². The monoisotopic (exact) mass is 481 g/mol. The molecule has 2 saturated carbocycles. The molecule has 1 amide bonds. The van der Waals surface area contributed by atoms with Crippen molar-refractivity contribution in [2.45, 2.75) is 64.0 Å². The van der Waals surface area contributed by atoms with Gasteiger partial charge >= 0.3 is 0 Å². The van der Waals surface area contributed by atoms with E-state index in [4.69, 9.17) is 25.4 Å². The van der Waals surface area contributed by atoms with Gasteiger partial charge in [-0.3, -0.25) is 9.78 Å². The molecular weight excluding hydrogens is 450 g/mol. The quantitative estimate of drug-likeness (QED) is 0.420. The number of aromatic nitrogens is 4. The van der Waals surface area contributed by atoms with Crippen LogP contribution in [0.1, 0.15) is 56.3 Å². The number of rotatable bonds is 9. The second kappa shape index (κ2) is 9.42. The van der Waals surface area contributed by atoms with Crippen molar-refractivity contribution < 1.29 is 9.53 Å². The van der Waals surface area contributed by atoms with Crippen molar-refractivity contribution >= 4 is 39.2 Å². The summed E-state index contributed by atoms with van der Waals surface area (Å²) in [4.78, 5) is 30.9. The molecule has 2 fully saturated rings. The van der Waals surface area contributed by atoms with Gasteiger partial charge in [-0.1, -0.05) is 0 Å². The molecule has 9 nitrogen and oxygen atoms in total. The van der Waals surface area contributed by atoms with Crippen molar-refractivity contribution in [1.29, 1.82) is 0 Å². The topological polar surface area (TPSA) is 128 Å². The number of anilines is 2. The van der Waals surface area contributed by atoms with Crippen LogP contribution in [0.25, 0.3) is 20.8 Å². The third-order valence-corrected chi connectivity index (χ3v) is 7.77. The number of ether oxygens (including phenoxy) is 1. The van der Waals surface area contributed by atoms with Gasteiger partial charge in [0.25, 0.3) is 0 Å². The number of methoxy groups -OCH3 is 1. The molecule has 2 aliphatic rings. The third-order valence-electron chi connectivity index (χ3n) is 6.73. The molecule has 5 rings (SSSR count). The van der Waals surface area contributed by atoms with E-state index in [1.54, 1.807) is 18.4 Å². The molecule has 0 radical (unpaired) electrons. The largest absolute Gasteiger partial charge is 0.380 e. The van der Waals surface area contributed by atoms with Gasteiger partial charge in [0.1, 0.15) is 16.3 Å². The van der Waals surface area contributed by atoms with E-state index >= 15 is 0 Å². The first-order valence-electron chi connectivity index (χ1n) is 11.9. The van der Waals surface area contributed by atoms with Crippen LogP contribution in [0.15, 0.2) is 12.3 Å². The Labute approximate surface area is 203 Å². The fourth-order valence-electron chi connectivity index (χ4n) is 4.53. The highest BCUT2D eigenvalue weighted by molar-refractivity contribution is 7.21. The Bertz CT molecular complexity index is 1210. The van der Waals surface area contributed by atoms with Crippen LogP contribution in [0.4, 0.5) is 11.8 Å². The summed E-state index contributed by atoms with van der Waals surface area (Å²) >= 11 is 1.64. The SMILES string of the molecule is COC(C)CNc1nc(C)c(-c2nc3c(C4CC4)nccc3s2)c(NC2CCC(C(N)=O)C2)n1. The zero-order valence-electron chi connectivity index (χ0n) is 19.8. The van der Waals surface area contributed by atoms with E-state index in [0.717, 1.165) is 50.8 Å². The summed E-state index contributed by atoms with van der Waals surface area (Å²) in [6.45, 7) is 4.57. The van der Waals surface area contributed by atoms with E-state index in [2.05, 4.69) is 15.6 Å². The molecule has 10 heteroatoms. The van der Waals surface area contributed by atoms with Gasteiger partial charge in [0.05, 0.1) is 27.8 Å². The lowest BCUT2D eigenvalue weighted by Crippen LogP contribution is -2.24. The highest BCUT2D eigenvalue weighted by Gasteiger charge is 2.31. The third kappa shape index (κ3) is 4.69. The number of carbonyl (C=O) groups excluding carboxylic acids is 1. The molecule has 0 spiro atoms. The molecule has 180 valence electrons. The van der Waals surface area contributed by atoms with Gasteiger partial charge in [-0.05, 0) is 52.0 Å². The van der Waals surface area contributed by atoms with Gasteiger partial charge < -0.3 is 21.1 Å². The van der Waals surface area contributed by atoms with Gasteiger partial charge in [-0.25, -0.2) is 9.97 Å². The zero-order valence-corrected chi connectivity index (χ0v) is 20.6. The summed E-state index contributed by atoms with van der Waals surface area (Å²) in [5.74, 6) is 1.46. The minimum Gasteiger partial charge on any atom is -0.380 e. The highest BCUT2D eigenvalue weighted by atomic mass is 32.1. The maximum Gasteiger partial charge on any atom is 0.224 e. The van der Waals surface area contributed by atoms with Gasteiger partial charge in [0, 0.05) is 37.7 Å². The summed E-state index contributed by atoms with van der Waals surface area (Å²) in [6.07, 6.45) is 6.64. The number of nitrogens with one attached hydrogen (secondary N) is 2. The molecule has 3 unspecified atom stereocenters. The number of primary amides is 1. The molecule has 0 aromatic carbocycles. The lowest BCUT2D eigenvalue weighted by atomic mass is 10.1. The van der Waals surface area contributed by atoms with Gasteiger partial charge in [0.2, 0.25) is 11.9 Å². The number of nitrogens with zero attached hydrogens (tertiary/aromatic N) is 4. The molecule has 3 heterocycles. The molecule has 34 heavy (non-hydrogen) atoms. The van der Waals surface area contributed by atoms with Crippen molar-refractivity contribution in [3.05, 3.63) is 23.7 Å². The van der Waals surface area contributed by atoms with Crippen LogP contribution in [-0.2, 0) is 9.53 Å².